The predicted molar refractivity (Wildman–Crippen MR) is 82.8 cm³/mol. The van der Waals surface area contributed by atoms with Crippen LogP contribution in [0.15, 0.2) is 0 Å². The molecule has 5 nitrogen and oxygen atoms in total. The number of carbonyl (C=O) groups excluding carboxylic acids is 2. The lowest BCUT2D eigenvalue weighted by Gasteiger charge is -2.59. The molecule has 1 aliphatic rings. The highest BCUT2D eigenvalue weighted by Gasteiger charge is 2.58. The van der Waals surface area contributed by atoms with Gasteiger partial charge in [-0.3, -0.25) is 9.59 Å². The van der Waals surface area contributed by atoms with Crippen LogP contribution in [0.5, 0.6) is 0 Å². The second kappa shape index (κ2) is 5.95. The van der Waals surface area contributed by atoms with Crippen molar-refractivity contribution in [2.24, 2.45) is 10.8 Å². The minimum atomic E-state index is -0.424. The molecule has 122 valence electrons. The molecular formula is C16H30N2O3. The quantitative estimate of drug-likeness (QED) is 0.814. The van der Waals surface area contributed by atoms with Crippen molar-refractivity contribution in [3.05, 3.63) is 0 Å². The molecule has 0 radical (unpaired) electrons. The predicted octanol–water partition coefficient (Wildman–Crippen LogP) is 1.86. The number of methoxy groups -OCH3 is 1. The van der Waals surface area contributed by atoms with Crippen molar-refractivity contribution in [3.63, 3.8) is 0 Å². The maximum absolute atomic E-state index is 12.0. The van der Waals surface area contributed by atoms with Crippen molar-refractivity contribution in [3.8, 4) is 0 Å². The van der Waals surface area contributed by atoms with E-state index in [2.05, 4.69) is 31.4 Å². The molecule has 1 aliphatic carbocycles. The first kappa shape index (κ1) is 18.0. The fourth-order valence-corrected chi connectivity index (χ4v) is 2.54. The highest BCUT2D eigenvalue weighted by Crippen LogP contribution is 2.51. The zero-order valence-corrected chi connectivity index (χ0v) is 14.4. The van der Waals surface area contributed by atoms with Crippen LogP contribution >= 0.6 is 0 Å². The summed E-state index contributed by atoms with van der Waals surface area (Å²) < 4.78 is 5.54. The first-order valence-electron chi connectivity index (χ1n) is 7.57. The van der Waals surface area contributed by atoms with Crippen molar-refractivity contribution in [1.29, 1.82) is 0 Å². The van der Waals surface area contributed by atoms with E-state index in [9.17, 15) is 9.59 Å². The van der Waals surface area contributed by atoms with Crippen LogP contribution in [0.25, 0.3) is 0 Å². The molecule has 0 aromatic rings. The molecule has 2 atom stereocenters. The topological polar surface area (TPSA) is 67.4 Å². The van der Waals surface area contributed by atoms with Gasteiger partial charge in [0.25, 0.3) is 0 Å². The van der Waals surface area contributed by atoms with Gasteiger partial charge in [-0.15, -0.1) is 0 Å². The van der Waals surface area contributed by atoms with Gasteiger partial charge in [0, 0.05) is 36.9 Å². The lowest BCUT2D eigenvalue weighted by molar-refractivity contribution is -0.182. The molecule has 0 unspecified atom stereocenters. The summed E-state index contributed by atoms with van der Waals surface area (Å²) in [5.74, 6) is -0.0633. The molecule has 1 saturated carbocycles. The van der Waals surface area contributed by atoms with E-state index in [0.717, 1.165) is 6.42 Å². The van der Waals surface area contributed by atoms with Gasteiger partial charge in [-0.2, -0.15) is 0 Å². The SMILES string of the molecule is CO[C@@]1(C)C[C@H](NC(=O)CCNC(=O)C(C)(C)C)C1(C)C. The first-order chi connectivity index (χ1) is 9.44. The molecule has 2 N–H and O–H groups in total. The third kappa shape index (κ3) is 3.76. The lowest BCUT2D eigenvalue weighted by Crippen LogP contribution is -2.68. The number of ether oxygens (including phenoxy) is 1. The molecule has 0 aliphatic heterocycles. The van der Waals surface area contributed by atoms with Crippen LogP contribution in [0, 0.1) is 10.8 Å². The zero-order chi connectivity index (χ0) is 16.5. The standard InChI is InChI=1S/C16H30N2O3/c1-14(2,3)13(20)17-9-8-12(19)18-11-10-16(6,21-7)15(11,4)5/h11H,8-10H2,1-7H3,(H,17,20)(H,18,19)/t11-,16-/m0/s1. The number of hydrogen-bond donors (Lipinski definition) is 2. The molecule has 0 bridgehead atoms. The summed E-state index contributed by atoms with van der Waals surface area (Å²) in [4.78, 5) is 23.7. The van der Waals surface area contributed by atoms with E-state index in [-0.39, 0.29) is 28.9 Å². The molecule has 0 aromatic heterocycles. The summed E-state index contributed by atoms with van der Waals surface area (Å²) in [6.45, 7) is 12.2. The molecule has 0 aromatic carbocycles. The highest BCUT2D eigenvalue weighted by molar-refractivity contribution is 5.82. The lowest BCUT2D eigenvalue weighted by atomic mass is 9.56. The summed E-state index contributed by atoms with van der Waals surface area (Å²) in [7, 11) is 1.71. The van der Waals surface area contributed by atoms with Gasteiger partial charge >= 0.3 is 0 Å². The molecule has 0 spiro atoms. The minimum Gasteiger partial charge on any atom is -0.378 e. The minimum absolute atomic E-state index is 0.0274. The average molecular weight is 298 g/mol. The number of carbonyl (C=O) groups is 2. The van der Waals surface area contributed by atoms with Crippen LogP contribution in [0.3, 0.4) is 0 Å². The molecule has 0 saturated heterocycles. The van der Waals surface area contributed by atoms with E-state index < -0.39 is 5.41 Å². The van der Waals surface area contributed by atoms with Crippen LogP contribution in [0.1, 0.15) is 54.4 Å². The van der Waals surface area contributed by atoms with Crippen LogP contribution in [0.2, 0.25) is 0 Å². The van der Waals surface area contributed by atoms with E-state index in [0.29, 0.717) is 13.0 Å². The normalized spacial score (nSPS) is 27.7. The van der Waals surface area contributed by atoms with Gasteiger partial charge in [0.2, 0.25) is 11.8 Å². The summed E-state index contributed by atoms with van der Waals surface area (Å²) in [5, 5.41) is 5.82. The summed E-state index contributed by atoms with van der Waals surface area (Å²) in [5.41, 5.74) is -0.704. The average Bonchev–Trinajstić information content (AvgIpc) is 2.36. The summed E-state index contributed by atoms with van der Waals surface area (Å²) in [6.07, 6.45) is 1.12. The van der Waals surface area contributed by atoms with E-state index in [1.807, 2.05) is 20.8 Å². The Morgan fingerprint density at radius 2 is 1.81 bits per heavy atom. The molecule has 0 heterocycles. The Hall–Kier alpha value is -1.10. The maximum atomic E-state index is 12.0. The Morgan fingerprint density at radius 1 is 1.24 bits per heavy atom. The largest absolute Gasteiger partial charge is 0.378 e. The van der Waals surface area contributed by atoms with Crippen molar-refractivity contribution < 1.29 is 14.3 Å². The number of amides is 2. The van der Waals surface area contributed by atoms with E-state index in [1.54, 1.807) is 7.11 Å². The van der Waals surface area contributed by atoms with E-state index >= 15 is 0 Å². The smallest absolute Gasteiger partial charge is 0.225 e. The third-order valence-corrected chi connectivity index (χ3v) is 4.93. The molecule has 2 amide bonds. The van der Waals surface area contributed by atoms with Gasteiger partial charge in [0.05, 0.1) is 5.60 Å². The van der Waals surface area contributed by atoms with Gasteiger partial charge in [0.1, 0.15) is 0 Å². The molecular weight excluding hydrogens is 268 g/mol. The third-order valence-electron chi connectivity index (χ3n) is 4.93. The number of hydrogen-bond acceptors (Lipinski definition) is 3. The Bertz CT molecular complexity index is 412. The van der Waals surface area contributed by atoms with Crippen molar-refractivity contribution in [2.45, 2.75) is 66.0 Å². The molecule has 1 fully saturated rings. The first-order valence-corrected chi connectivity index (χ1v) is 7.57. The Kier molecular flexibility index (Phi) is 5.09. The van der Waals surface area contributed by atoms with Gasteiger partial charge in [-0.25, -0.2) is 0 Å². The Morgan fingerprint density at radius 3 is 2.24 bits per heavy atom. The molecule has 21 heavy (non-hydrogen) atoms. The van der Waals surface area contributed by atoms with Gasteiger partial charge < -0.3 is 15.4 Å². The van der Waals surface area contributed by atoms with Crippen LogP contribution in [0.4, 0.5) is 0 Å². The number of rotatable bonds is 5. The fourth-order valence-electron chi connectivity index (χ4n) is 2.54. The second-order valence-electron chi connectivity index (χ2n) is 7.74. The monoisotopic (exact) mass is 298 g/mol. The molecule has 1 rings (SSSR count). The Balaban J connectivity index is 2.35. The zero-order valence-electron chi connectivity index (χ0n) is 14.4. The highest BCUT2D eigenvalue weighted by atomic mass is 16.5. The van der Waals surface area contributed by atoms with Gasteiger partial charge in [-0.1, -0.05) is 34.6 Å². The van der Waals surface area contributed by atoms with E-state index in [4.69, 9.17) is 4.74 Å². The summed E-state index contributed by atoms with van der Waals surface area (Å²) >= 11 is 0. The van der Waals surface area contributed by atoms with Gasteiger partial charge in [-0.05, 0) is 13.3 Å². The van der Waals surface area contributed by atoms with E-state index in [1.165, 1.54) is 0 Å². The van der Waals surface area contributed by atoms with Crippen molar-refractivity contribution in [1.82, 2.24) is 10.6 Å². The van der Waals surface area contributed by atoms with Crippen LogP contribution in [-0.4, -0.2) is 37.1 Å². The molecule has 5 heteroatoms. The summed E-state index contributed by atoms with van der Waals surface area (Å²) in [6, 6.07) is 0.119. The maximum Gasteiger partial charge on any atom is 0.225 e. The number of nitrogens with one attached hydrogen (secondary N) is 2. The Labute approximate surface area is 128 Å². The van der Waals surface area contributed by atoms with Crippen LogP contribution < -0.4 is 10.6 Å². The van der Waals surface area contributed by atoms with Crippen molar-refractivity contribution >= 4 is 11.8 Å². The second-order valence-corrected chi connectivity index (χ2v) is 7.74. The van der Waals surface area contributed by atoms with Crippen molar-refractivity contribution in [2.75, 3.05) is 13.7 Å². The fraction of sp³-hybridized carbons (Fsp3) is 0.875. The van der Waals surface area contributed by atoms with Crippen LogP contribution in [-0.2, 0) is 14.3 Å². The van der Waals surface area contributed by atoms with Gasteiger partial charge in [0.15, 0.2) is 0 Å².